The summed E-state index contributed by atoms with van der Waals surface area (Å²) >= 11 is 5.88. The first kappa shape index (κ1) is 33.1. The van der Waals surface area contributed by atoms with Crippen LogP contribution in [0.4, 0.5) is 24.5 Å². The molecule has 17 heteroatoms. The number of amides is 2. The maximum atomic E-state index is 13.1. The average Bonchev–Trinajstić information content (AvgIpc) is 3.00. The number of sulfonamides is 2. The van der Waals surface area contributed by atoms with Crippen LogP contribution in [0.3, 0.4) is 0 Å². The molecule has 0 fully saturated rings. The van der Waals surface area contributed by atoms with Gasteiger partial charge in [-0.2, -0.15) is 13.2 Å². The summed E-state index contributed by atoms with van der Waals surface area (Å²) in [5.41, 5.74) is 2.40. The highest BCUT2D eigenvalue weighted by Crippen LogP contribution is 2.34. The first-order valence-corrected chi connectivity index (χ1v) is 15.8. The summed E-state index contributed by atoms with van der Waals surface area (Å²) < 4.78 is 100. The van der Waals surface area contributed by atoms with E-state index in [9.17, 15) is 39.6 Å². The van der Waals surface area contributed by atoms with Crippen LogP contribution in [-0.4, -0.2) is 35.8 Å². The van der Waals surface area contributed by atoms with Crippen LogP contribution in [0.25, 0.3) is 0 Å². The van der Waals surface area contributed by atoms with Gasteiger partial charge in [0.15, 0.2) is 0 Å². The molecular formula is C28H22ClF3N4O7S2. The molecule has 0 radical (unpaired) electrons. The standard InChI is InChI=1S/C28H22ClF3N4O7S2/c1-43-21-11-9-20(10-12-21)35-44(39,40)22-6-2-4-17(14-22)26(37)33-34-27(38)18-5-3-7-23(15-18)45(41,42)36-25-16-19(28(30,31)32)8-13-24(25)29/h2-16,35-36H,1H3,(H,33,37)(H,34,38). The summed E-state index contributed by atoms with van der Waals surface area (Å²) in [6, 6.07) is 17.6. The van der Waals surface area contributed by atoms with Gasteiger partial charge in [0.1, 0.15) is 5.75 Å². The minimum Gasteiger partial charge on any atom is -0.497 e. The number of alkyl halides is 3. The predicted molar refractivity (Wildman–Crippen MR) is 159 cm³/mol. The number of methoxy groups -OCH3 is 1. The molecule has 0 saturated heterocycles. The second-order valence-electron chi connectivity index (χ2n) is 9.10. The van der Waals surface area contributed by atoms with E-state index in [-0.39, 0.29) is 26.7 Å². The normalized spacial score (nSPS) is 11.8. The lowest BCUT2D eigenvalue weighted by molar-refractivity contribution is -0.137. The third-order valence-electron chi connectivity index (χ3n) is 5.98. The average molecular weight is 683 g/mol. The van der Waals surface area contributed by atoms with Crippen molar-refractivity contribution in [1.29, 1.82) is 0 Å². The van der Waals surface area contributed by atoms with Crippen LogP contribution in [0.2, 0.25) is 5.02 Å². The molecule has 0 aliphatic carbocycles. The Bertz CT molecular complexity index is 1970. The van der Waals surface area contributed by atoms with Crippen molar-refractivity contribution in [1.82, 2.24) is 10.9 Å². The van der Waals surface area contributed by atoms with Gasteiger partial charge in [-0.1, -0.05) is 23.7 Å². The van der Waals surface area contributed by atoms with Crippen LogP contribution in [0, 0.1) is 0 Å². The fourth-order valence-electron chi connectivity index (χ4n) is 3.72. The van der Waals surface area contributed by atoms with Gasteiger partial charge in [-0.25, -0.2) is 16.8 Å². The molecule has 45 heavy (non-hydrogen) atoms. The minimum atomic E-state index is -4.75. The molecule has 0 spiro atoms. The zero-order valence-corrected chi connectivity index (χ0v) is 25.2. The van der Waals surface area contributed by atoms with E-state index < -0.39 is 54.2 Å². The van der Waals surface area contributed by atoms with Gasteiger partial charge in [0.25, 0.3) is 31.9 Å². The lowest BCUT2D eigenvalue weighted by Crippen LogP contribution is -2.41. The maximum absolute atomic E-state index is 13.1. The van der Waals surface area contributed by atoms with Gasteiger partial charge >= 0.3 is 6.18 Å². The molecule has 2 amide bonds. The topological polar surface area (TPSA) is 160 Å². The molecule has 0 bridgehead atoms. The molecular weight excluding hydrogens is 661 g/mol. The number of hydrogen-bond acceptors (Lipinski definition) is 7. The fourth-order valence-corrected chi connectivity index (χ4v) is 6.16. The minimum absolute atomic E-state index is 0.133. The Labute approximate surface area is 260 Å². The Morgan fingerprint density at radius 1 is 0.711 bits per heavy atom. The summed E-state index contributed by atoms with van der Waals surface area (Å²) in [6.45, 7) is 0. The molecule has 0 atom stereocenters. The van der Waals surface area contributed by atoms with E-state index in [1.807, 2.05) is 4.72 Å². The van der Waals surface area contributed by atoms with Crippen LogP contribution >= 0.6 is 11.6 Å². The highest BCUT2D eigenvalue weighted by molar-refractivity contribution is 7.93. The molecule has 4 rings (SSSR count). The summed E-state index contributed by atoms with van der Waals surface area (Å²) in [7, 11) is -7.15. The van der Waals surface area contributed by atoms with Gasteiger partial charge in [0, 0.05) is 16.8 Å². The Morgan fingerprint density at radius 3 is 1.71 bits per heavy atom. The zero-order chi connectivity index (χ0) is 33.0. The molecule has 4 aromatic carbocycles. The van der Waals surface area contributed by atoms with Gasteiger partial charge in [-0.05, 0) is 78.9 Å². The molecule has 0 aliphatic heterocycles. The van der Waals surface area contributed by atoms with Crippen molar-refractivity contribution in [3.63, 3.8) is 0 Å². The SMILES string of the molecule is COc1ccc(NS(=O)(=O)c2cccc(C(=O)NNC(=O)c3cccc(S(=O)(=O)Nc4cc(C(F)(F)F)ccc4Cl)c3)c2)cc1. The van der Waals surface area contributed by atoms with E-state index in [1.165, 1.54) is 49.6 Å². The predicted octanol–water partition coefficient (Wildman–Crippen LogP) is 5.04. The Kier molecular flexibility index (Phi) is 9.60. The number of anilines is 2. The van der Waals surface area contributed by atoms with E-state index in [1.54, 1.807) is 12.1 Å². The van der Waals surface area contributed by atoms with Crippen molar-refractivity contribution in [3.8, 4) is 5.75 Å². The molecule has 4 N–H and O–H groups in total. The fraction of sp³-hybridized carbons (Fsp3) is 0.0714. The van der Waals surface area contributed by atoms with Gasteiger partial charge < -0.3 is 4.74 Å². The molecule has 0 heterocycles. The van der Waals surface area contributed by atoms with Gasteiger partial charge in [0.2, 0.25) is 0 Å². The zero-order valence-electron chi connectivity index (χ0n) is 22.8. The Hall–Kier alpha value is -4.80. The lowest BCUT2D eigenvalue weighted by Gasteiger charge is -2.13. The van der Waals surface area contributed by atoms with Crippen LogP contribution in [0.15, 0.2) is 101 Å². The summed E-state index contributed by atoms with van der Waals surface area (Å²) in [5.74, 6) is -1.33. The number of ether oxygens (including phenoxy) is 1. The largest absolute Gasteiger partial charge is 0.497 e. The van der Waals surface area contributed by atoms with Gasteiger partial charge in [-0.3, -0.25) is 29.9 Å². The second-order valence-corrected chi connectivity index (χ2v) is 12.9. The number of carbonyl (C=O) groups is 2. The van der Waals surface area contributed by atoms with E-state index in [0.29, 0.717) is 17.9 Å². The number of carbonyl (C=O) groups excluding carboxylic acids is 2. The molecule has 0 saturated carbocycles. The van der Waals surface area contributed by atoms with Crippen molar-refractivity contribution in [2.75, 3.05) is 16.6 Å². The Balaban J connectivity index is 1.44. The number of halogens is 4. The van der Waals surface area contributed by atoms with Gasteiger partial charge in [0.05, 0.1) is 33.2 Å². The Morgan fingerprint density at radius 2 is 1.22 bits per heavy atom. The lowest BCUT2D eigenvalue weighted by atomic mass is 10.2. The maximum Gasteiger partial charge on any atom is 0.416 e. The molecule has 236 valence electrons. The third kappa shape index (κ3) is 8.23. The van der Waals surface area contributed by atoms with Gasteiger partial charge in [-0.15, -0.1) is 0 Å². The van der Waals surface area contributed by atoms with E-state index in [0.717, 1.165) is 24.3 Å². The third-order valence-corrected chi connectivity index (χ3v) is 9.05. The number of rotatable bonds is 9. The van der Waals surface area contributed by atoms with Crippen molar-refractivity contribution in [3.05, 3.63) is 113 Å². The van der Waals surface area contributed by atoms with Crippen LogP contribution in [-0.2, 0) is 26.2 Å². The van der Waals surface area contributed by atoms with Crippen LogP contribution in [0.1, 0.15) is 26.3 Å². The highest BCUT2D eigenvalue weighted by atomic mass is 35.5. The van der Waals surface area contributed by atoms with Crippen molar-refractivity contribution < 1.29 is 44.3 Å². The van der Waals surface area contributed by atoms with E-state index in [4.69, 9.17) is 16.3 Å². The smallest absolute Gasteiger partial charge is 0.416 e. The van der Waals surface area contributed by atoms with Crippen LogP contribution < -0.4 is 25.0 Å². The van der Waals surface area contributed by atoms with Crippen LogP contribution in [0.5, 0.6) is 5.75 Å². The summed E-state index contributed by atoms with van der Waals surface area (Å²) in [5, 5.41) is -0.295. The first-order valence-electron chi connectivity index (χ1n) is 12.5. The van der Waals surface area contributed by atoms with Crippen molar-refractivity contribution >= 4 is 54.8 Å². The molecule has 0 aliphatic rings. The summed E-state index contributed by atoms with van der Waals surface area (Å²) in [4.78, 5) is 24.7. The summed E-state index contributed by atoms with van der Waals surface area (Å²) in [6.07, 6.45) is -4.75. The highest BCUT2D eigenvalue weighted by Gasteiger charge is 2.31. The molecule has 0 unspecified atom stereocenters. The monoisotopic (exact) mass is 682 g/mol. The molecule has 0 aromatic heterocycles. The number of benzene rings is 4. The molecule has 4 aromatic rings. The second kappa shape index (κ2) is 13.1. The van der Waals surface area contributed by atoms with E-state index in [2.05, 4.69) is 15.6 Å². The molecule has 11 nitrogen and oxygen atoms in total. The van der Waals surface area contributed by atoms with Crippen molar-refractivity contribution in [2.24, 2.45) is 0 Å². The number of hydrogen-bond donors (Lipinski definition) is 4. The van der Waals surface area contributed by atoms with Crippen molar-refractivity contribution in [2.45, 2.75) is 16.0 Å². The number of hydrazine groups is 1. The van der Waals surface area contributed by atoms with E-state index >= 15 is 0 Å². The number of nitrogens with one attached hydrogen (secondary N) is 4. The first-order chi connectivity index (χ1) is 21.1. The quantitative estimate of drug-likeness (QED) is 0.180.